The van der Waals surface area contributed by atoms with E-state index >= 15 is 0 Å². The van der Waals surface area contributed by atoms with Crippen LogP contribution >= 0.6 is 0 Å². The van der Waals surface area contributed by atoms with E-state index in [1.165, 1.54) is 12.1 Å². The molecular formula is C13H13NO6. The number of hydrogen-bond donors (Lipinski definition) is 2. The predicted octanol–water partition coefficient (Wildman–Crippen LogP) is 0.394. The molecule has 0 unspecified atom stereocenters. The standard InChI is InChI=1S/C13H13NO6/c1-19-12(17)7-9(13(18)20-2)14-8-3-5-10(15)11(16)6-4-8/h3-7,14H,1-2H3,(H,15,16)/b9-7-. The molecule has 0 aliphatic heterocycles. The Labute approximate surface area is 114 Å². The normalized spacial score (nSPS) is 10.6. The van der Waals surface area contributed by atoms with Gasteiger partial charge in [0, 0.05) is 5.69 Å². The summed E-state index contributed by atoms with van der Waals surface area (Å²) in [6, 6.07) is 4.99. The molecule has 0 bridgehead atoms. The van der Waals surface area contributed by atoms with Crippen molar-refractivity contribution in [2.24, 2.45) is 0 Å². The van der Waals surface area contributed by atoms with E-state index in [-0.39, 0.29) is 5.70 Å². The number of esters is 2. The van der Waals surface area contributed by atoms with Gasteiger partial charge < -0.3 is 19.9 Å². The lowest BCUT2D eigenvalue weighted by molar-refractivity contribution is -0.138. The lowest BCUT2D eigenvalue weighted by Gasteiger charge is -2.07. The SMILES string of the molecule is COC(=O)/C=C(\Nc1ccc(O)c(=O)cc1)C(=O)OC. The van der Waals surface area contributed by atoms with Crippen LogP contribution in [0.5, 0.6) is 5.75 Å². The number of rotatable bonds is 4. The highest BCUT2D eigenvalue weighted by molar-refractivity contribution is 5.98. The molecule has 1 aromatic rings. The lowest BCUT2D eigenvalue weighted by Crippen LogP contribution is -2.15. The average Bonchev–Trinajstić information content (AvgIpc) is 2.61. The Balaban J connectivity index is 3.11. The summed E-state index contributed by atoms with van der Waals surface area (Å²) in [5.41, 5.74) is -0.435. The molecule has 0 aliphatic carbocycles. The highest BCUT2D eigenvalue weighted by Gasteiger charge is 2.12. The van der Waals surface area contributed by atoms with Gasteiger partial charge in [0.25, 0.3) is 0 Å². The molecule has 7 nitrogen and oxygen atoms in total. The first-order valence-electron chi connectivity index (χ1n) is 5.46. The Kier molecular flexibility index (Phi) is 5.28. The van der Waals surface area contributed by atoms with Crippen LogP contribution in [0.2, 0.25) is 0 Å². The van der Waals surface area contributed by atoms with Crippen LogP contribution in [0.4, 0.5) is 5.69 Å². The van der Waals surface area contributed by atoms with Crippen molar-refractivity contribution in [3.63, 3.8) is 0 Å². The second-order valence-electron chi connectivity index (χ2n) is 3.57. The molecule has 0 amide bonds. The minimum atomic E-state index is -0.784. The Hall–Kier alpha value is -2.83. The summed E-state index contributed by atoms with van der Waals surface area (Å²) in [6.07, 6.45) is 0.913. The van der Waals surface area contributed by atoms with Crippen molar-refractivity contribution in [2.75, 3.05) is 19.5 Å². The van der Waals surface area contributed by atoms with Gasteiger partial charge in [0.1, 0.15) is 5.70 Å². The summed E-state index contributed by atoms with van der Waals surface area (Å²) in [5.74, 6) is -1.96. The highest BCUT2D eigenvalue weighted by Crippen LogP contribution is 2.11. The Morgan fingerprint density at radius 3 is 2.40 bits per heavy atom. The third-order valence-corrected chi connectivity index (χ3v) is 2.24. The molecule has 2 N–H and O–H groups in total. The first-order valence-corrected chi connectivity index (χ1v) is 5.46. The minimum absolute atomic E-state index is 0.169. The van der Waals surface area contributed by atoms with Crippen molar-refractivity contribution < 1.29 is 24.2 Å². The molecular weight excluding hydrogens is 266 g/mol. The van der Waals surface area contributed by atoms with Gasteiger partial charge in [0.2, 0.25) is 5.43 Å². The molecule has 1 aromatic carbocycles. The monoisotopic (exact) mass is 279 g/mol. The maximum atomic E-state index is 11.5. The van der Waals surface area contributed by atoms with Crippen LogP contribution in [0.3, 0.4) is 0 Å². The maximum absolute atomic E-state index is 11.5. The van der Waals surface area contributed by atoms with E-state index in [2.05, 4.69) is 14.8 Å². The number of nitrogens with one attached hydrogen (secondary N) is 1. The van der Waals surface area contributed by atoms with Crippen molar-refractivity contribution in [1.82, 2.24) is 0 Å². The third kappa shape index (κ3) is 4.13. The van der Waals surface area contributed by atoms with Crippen molar-refractivity contribution in [2.45, 2.75) is 0 Å². The Morgan fingerprint density at radius 2 is 1.80 bits per heavy atom. The summed E-state index contributed by atoms with van der Waals surface area (Å²) in [4.78, 5) is 33.9. The fourth-order valence-corrected chi connectivity index (χ4v) is 1.23. The lowest BCUT2D eigenvalue weighted by atomic mass is 10.3. The molecule has 7 heteroatoms. The van der Waals surface area contributed by atoms with E-state index in [9.17, 15) is 19.5 Å². The molecule has 0 radical (unpaired) electrons. The van der Waals surface area contributed by atoms with E-state index < -0.39 is 23.1 Å². The number of aromatic hydroxyl groups is 1. The maximum Gasteiger partial charge on any atom is 0.354 e. The molecule has 0 heterocycles. The van der Waals surface area contributed by atoms with Crippen LogP contribution in [0, 0.1) is 0 Å². The zero-order valence-corrected chi connectivity index (χ0v) is 10.9. The summed E-state index contributed by atoms with van der Waals surface area (Å²) < 4.78 is 8.93. The molecule has 0 saturated carbocycles. The smallest absolute Gasteiger partial charge is 0.354 e. The number of ether oxygens (including phenoxy) is 2. The molecule has 0 saturated heterocycles. The van der Waals surface area contributed by atoms with Gasteiger partial charge >= 0.3 is 11.9 Å². The van der Waals surface area contributed by atoms with Crippen molar-refractivity contribution in [3.8, 4) is 5.75 Å². The van der Waals surface area contributed by atoms with Gasteiger partial charge in [-0.15, -0.1) is 0 Å². The first-order chi connectivity index (χ1) is 9.47. The average molecular weight is 279 g/mol. The van der Waals surface area contributed by atoms with Gasteiger partial charge in [-0.2, -0.15) is 0 Å². The van der Waals surface area contributed by atoms with E-state index in [1.807, 2.05) is 0 Å². The van der Waals surface area contributed by atoms with E-state index in [0.29, 0.717) is 5.69 Å². The van der Waals surface area contributed by atoms with Gasteiger partial charge in [0.05, 0.1) is 20.3 Å². The highest BCUT2D eigenvalue weighted by atomic mass is 16.5. The van der Waals surface area contributed by atoms with Gasteiger partial charge in [-0.25, -0.2) is 9.59 Å². The van der Waals surface area contributed by atoms with Crippen molar-refractivity contribution >= 4 is 17.6 Å². The minimum Gasteiger partial charge on any atom is -0.504 e. The Morgan fingerprint density at radius 1 is 1.15 bits per heavy atom. The topological polar surface area (TPSA) is 102 Å². The summed E-state index contributed by atoms with van der Waals surface area (Å²) in [5, 5.41) is 11.9. The van der Waals surface area contributed by atoms with Gasteiger partial charge in [0.15, 0.2) is 5.75 Å². The summed E-state index contributed by atoms with van der Waals surface area (Å²) in [6.45, 7) is 0. The summed E-state index contributed by atoms with van der Waals surface area (Å²) >= 11 is 0. The number of anilines is 1. The largest absolute Gasteiger partial charge is 0.504 e. The first kappa shape index (κ1) is 15.2. The van der Waals surface area contributed by atoms with E-state index in [0.717, 1.165) is 32.4 Å². The quantitative estimate of drug-likeness (QED) is 0.607. The van der Waals surface area contributed by atoms with Crippen LogP contribution in [0.25, 0.3) is 0 Å². The third-order valence-electron chi connectivity index (χ3n) is 2.24. The molecule has 0 aliphatic rings. The van der Waals surface area contributed by atoms with Crippen LogP contribution in [-0.4, -0.2) is 31.3 Å². The number of hydrogen-bond acceptors (Lipinski definition) is 7. The zero-order chi connectivity index (χ0) is 15.1. The second-order valence-corrected chi connectivity index (χ2v) is 3.57. The zero-order valence-electron chi connectivity index (χ0n) is 10.9. The molecule has 106 valence electrons. The van der Waals surface area contributed by atoms with Crippen molar-refractivity contribution in [3.05, 3.63) is 46.3 Å². The van der Waals surface area contributed by atoms with Crippen LogP contribution in [0.1, 0.15) is 0 Å². The van der Waals surface area contributed by atoms with E-state index in [4.69, 9.17) is 0 Å². The predicted molar refractivity (Wildman–Crippen MR) is 70.1 cm³/mol. The van der Waals surface area contributed by atoms with Crippen molar-refractivity contribution in [1.29, 1.82) is 0 Å². The molecule has 0 fully saturated rings. The molecule has 20 heavy (non-hydrogen) atoms. The Bertz CT molecular complexity index is 608. The number of methoxy groups -OCH3 is 2. The second kappa shape index (κ2) is 6.93. The fourth-order valence-electron chi connectivity index (χ4n) is 1.23. The molecule has 0 atom stereocenters. The fraction of sp³-hybridized carbons (Fsp3) is 0.154. The molecule has 0 aromatic heterocycles. The van der Waals surface area contributed by atoms with Gasteiger partial charge in [-0.1, -0.05) is 0 Å². The number of carbonyl (C=O) groups excluding carboxylic acids is 2. The van der Waals surface area contributed by atoms with Crippen LogP contribution in [0.15, 0.2) is 40.8 Å². The van der Waals surface area contributed by atoms with Gasteiger partial charge in [-0.05, 0) is 24.3 Å². The molecule has 0 spiro atoms. The summed E-state index contributed by atoms with van der Waals surface area (Å²) in [7, 11) is 2.32. The van der Waals surface area contributed by atoms with E-state index in [1.54, 1.807) is 0 Å². The van der Waals surface area contributed by atoms with Crippen LogP contribution in [-0.2, 0) is 19.1 Å². The number of carbonyl (C=O) groups is 2. The van der Waals surface area contributed by atoms with Crippen LogP contribution < -0.4 is 10.7 Å². The van der Waals surface area contributed by atoms with Gasteiger partial charge in [-0.3, -0.25) is 4.79 Å². The molecule has 1 rings (SSSR count).